The van der Waals surface area contributed by atoms with Crippen LogP contribution >= 0.6 is 11.6 Å². The first kappa shape index (κ1) is 13.5. The molecule has 1 aromatic carbocycles. The maximum absolute atomic E-state index is 10.1. The molecule has 0 aromatic heterocycles. The molecule has 1 saturated carbocycles. The molecule has 0 amide bonds. The first-order chi connectivity index (χ1) is 8.65. The minimum Gasteiger partial charge on any atom is -0.506 e. The van der Waals surface area contributed by atoms with E-state index < -0.39 is 0 Å². The number of rotatable bonds is 3. The lowest BCUT2D eigenvalue weighted by Crippen LogP contribution is -2.24. The fraction of sp³-hybridized carbons (Fsp3) is 0.571. The summed E-state index contributed by atoms with van der Waals surface area (Å²) >= 11 is 5.96. The van der Waals surface area contributed by atoms with Gasteiger partial charge in [-0.15, -0.1) is 0 Å². The van der Waals surface area contributed by atoms with Gasteiger partial charge in [0.05, 0.1) is 17.7 Å². The van der Waals surface area contributed by atoms with Crippen molar-refractivity contribution in [1.29, 1.82) is 0 Å². The van der Waals surface area contributed by atoms with E-state index in [9.17, 15) is 5.11 Å². The molecule has 3 nitrogen and oxygen atoms in total. The number of halogens is 1. The van der Waals surface area contributed by atoms with Crippen LogP contribution in [0.15, 0.2) is 12.1 Å². The van der Waals surface area contributed by atoms with E-state index in [1.54, 1.807) is 19.2 Å². The van der Waals surface area contributed by atoms with Crippen LogP contribution in [-0.2, 0) is 0 Å². The molecular weight excluding hydrogens is 250 g/mol. The smallest absolute Gasteiger partial charge is 0.142 e. The Morgan fingerprint density at radius 1 is 1.33 bits per heavy atom. The zero-order valence-electron chi connectivity index (χ0n) is 10.7. The number of nitrogens with two attached hydrogens (primary N) is 1. The van der Waals surface area contributed by atoms with Gasteiger partial charge in [-0.1, -0.05) is 30.9 Å². The predicted molar refractivity (Wildman–Crippen MR) is 73.2 cm³/mol. The summed E-state index contributed by atoms with van der Waals surface area (Å²) in [7, 11) is 1.58. The quantitative estimate of drug-likeness (QED) is 0.881. The Labute approximate surface area is 113 Å². The number of methoxy groups -OCH3 is 1. The molecule has 1 atom stereocenters. The van der Waals surface area contributed by atoms with Crippen molar-refractivity contribution in [1.82, 2.24) is 0 Å². The van der Waals surface area contributed by atoms with E-state index >= 15 is 0 Å². The van der Waals surface area contributed by atoms with Crippen LogP contribution in [0, 0.1) is 5.92 Å². The Bertz CT molecular complexity index is 417. The second-order valence-corrected chi connectivity index (χ2v) is 5.34. The van der Waals surface area contributed by atoms with Gasteiger partial charge < -0.3 is 15.6 Å². The normalized spacial score (nSPS) is 18.6. The standard InChI is InChI=1S/C14H20ClNO2/c1-18-11-8-7-10(15)14(17)12(11)13(16)9-5-3-2-4-6-9/h7-9,13,17H,2-6,16H2,1H3/t13-/m1/s1. The number of phenols is 1. The van der Waals surface area contributed by atoms with Crippen LogP contribution in [0.4, 0.5) is 0 Å². The van der Waals surface area contributed by atoms with Gasteiger partial charge in [0.15, 0.2) is 0 Å². The van der Waals surface area contributed by atoms with Gasteiger partial charge in [0.2, 0.25) is 0 Å². The largest absolute Gasteiger partial charge is 0.506 e. The van der Waals surface area contributed by atoms with Gasteiger partial charge in [-0.05, 0) is 30.9 Å². The summed E-state index contributed by atoms with van der Waals surface area (Å²) in [4.78, 5) is 0. The molecule has 0 unspecified atom stereocenters. The lowest BCUT2D eigenvalue weighted by Gasteiger charge is -2.29. The highest BCUT2D eigenvalue weighted by Crippen LogP contribution is 2.43. The third kappa shape index (κ3) is 2.57. The van der Waals surface area contributed by atoms with E-state index in [1.165, 1.54) is 19.3 Å². The third-order valence-electron chi connectivity index (χ3n) is 3.84. The number of phenolic OH excluding ortho intramolecular Hbond substituents is 1. The highest BCUT2D eigenvalue weighted by atomic mass is 35.5. The van der Waals surface area contributed by atoms with Crippen LogP contribution in [-0.4, -0.2) is 12.2 Å². The summed E-state index contributed by atoms with van der Waals surface area (Å²) in [6, 6.07) is 3.19. The fourth-order valence-electron chi connectivity index (χ4n) is 2.79. The highest BCUT2D eigenvalue weighted by molar-refractivity contribution is 6.32. The van der Waals surface area contributed by atoms with Crippen LogP contribution in [0.3, 0.4) is 0 Å². The molecule has 1 aromatic rings. The van der Waals surface area contributed by atoms with Crippen molar-refractivity contribution in [3.8, 4) is 11.5 Å². The van der Waals surface area contributed by atoms with Gasteiger partial charge in [-0.3, -0.25) is 0 Å². The van der Waals surface area contributed by atoms with E-state index in [1.807, 2.05) is 0 Å². The number of aromatic hydroxyl groups is 1. The molecule has 1 fully saturated rings. The second-order valence-electron chi connectivity index (χ2n) is 4.94. The van der Waals surface area contributed by atoms with Crippen molar-refractivity contribution < 1.29 is 9.84 Å². The summed E-state index contributed by atoms with van der Waals surface area (Å²) in [5, 5.41) is 10.4. The third-order valence-corrected chi connectivity index (χ3v) is 4.14. The Hall–Kier alpha value is -0.930. The molecule has 0 spiro atoms. The topological polar surface area (TPSA) is 55.5 Å². The molecule has 1 aliphatic carbocycles. The Morgan fingerprint density at radius 3 is 2.61 bits per heavy atom. The van der Waals surface area contributed by atoms with E-state index in [4.69, 9.17) is 22.1 Å². The average Bonchev–Trinajstić information content (AvgIpc) is 2.42. The zero-order valence-corrected chi connectivity index (χ0v) is 11.4. The van der Waals surface area contributed by atoms with Crippen LogP contribution in [0.5, 0.6) is 11.5 Å². The summed E-state index contributed by atoms with van der Waals surface area (Å²) in [6.45, 7) is 0. The molecule has 1 aliphatic rings. The maximum atomic E-state index is 10.1. The van der Waals surface area contributed by atoms with Gasteiger partial charge in [0, 0.05) is 6.04 Å². The van der Waals surface area contributed by atoms with E-state index in [0.29, 0.717) is 22.3 Å². The number of hydrogen-bond donors (Lipinski definition) is 2. The molecule has 2 rings (SSSR count). The predicted octanol–water partition coefficient (Wildman–Crippen LogP) is 3.63. The van der Waals surface area contributed by atoms with Crippen molar-refractivity contribution in [3.63, 3.8) is 0 Å². The minimum atomic E-state index is -0.209. The van der Waals surface area contributed by atoms with Crippen molar-refractivity contribution >= 4 is 11.6 Å². The Kier molecular flexibility index (Phi) is 4.36. The molecule has 0 heterocycles. The minimum absolute atomic E-state index is 0.0640. The monoisotopic (exact) mass is 269 g/mol. The molecule has 0 aliphatic heterocycles. The van der Waals surface area contributed by atoms with Crippen LogP contribution in [0.2, 0.25) is 5.02 Å². The fourth-order valence-corrected chi connectivity index (χ4v) is 2.96. The average molecular weight is 270 g/mol. The SMILES string of the molecule is COc1ccc(Cl)c(O)c1[C@H](N)C1CCCCC1. The van der Waals surface area contributed by atoms with Gasteiger partial charge in [-0.2, -0.15) is 0 Å². The molecular formula is C14H20ClNO2. The van der Waals surface area contributed by atoms with E-state index in [2.05, 4.69) is 0 Å². The molecule has 0 bridgehead atoms. The van der Waals surface area contributed by atoms with Gasteiger partial charge in [0.1, 0.15) is 11.5 Å². The van der Waals surface area contributed by atoms with E-state index in [-0.39, 0.29) is 11.8 Å². The molecule has 3 N–H and O–H groups in total. The Balaban J connectivity index is 2.32. The second kappa shape index (κ2) is 5.81. The van der Waals surface area contributed by atoms with Gasteiger partial charge >= 0.3 is 0 Å². The van der Waals surface area contributed by atoms with Gasteiger partial charge in [-0.25, -0.2) is 0 Å². The summed E-state index contributed by atoms with van der Waals surface area (Å²) in [6.07, 6.45) is 5.92. The molecule has 18 heavy (non-hydrogen) atoms. The summed E-state index contributed by atoms with van der Waals surface area (Å²) in [5.41, 5.74) is 6.97. The van der Waals surface area contributed by atoms with Crippen LogP contribution in [0.1, 0.15) is 43.7 Å². The summed E-state index contributed by atoms with van der Waals surface area (Å²) < 4.78 is 5.29. The molecule has 4 heteroatoms. The summed E-state index contributed by atoms with van der Waals surface area (Å²) in [5.74, 6) is 1.08. The number of hydrogen-bond acceptors (Lipinski definition) is 3. The van der Waals surface area contributed by atoms with Crippen molar-refractivity contribution in [3.05, 3.63) is 22.7 Å². The molecule has 0 saturated heterocycles. The molecule has 100 valence electrons. The highest BCUT2D eigenvalue weighted by Gasteiger charge is 2.27. The van der Waals surface area contributed by atoms with Crippen molar-refractivity contribution in [2.45, 2.75) is 38.1 Å². The molecule has 0 radical (unpaired) electrons. The van der Waals surface area contributed by atoms with Crippen molar-refractivity contribution in [2.24, 2.45) is 11.7 Å². The van der Waals surface area contributed by atoms with Gasteiger partial charge in [0.25, 0.3) is 0 Å². The Morgan fingerprint density at radius 2 is 2.00 bits per heavy atom. The number of ether oxygens (including phenoxy) is 1. The zero-order chi connectivity index (χ0) is 13.1. The first-order valence-electron chi connectivity index (χ1n) is 6.46. The maximum Gasteiger partial charge on any atom is 0.142 e. The lowest BCUT2D eigenvalue weighted by atomic mass is 9.81. The number of benzene rings is 1. The van der Waals surface area contributed by atoms with Crippen LogP contribution in [0.25, 0.3) is 0 Å². The first-order valence-corrected chi connectivity index (χ1v) is 6.84. The lowest BCUT2D eigenvalue weighted by molar-refractivity contribution is 0.295. The van der Waals surface area contributed by atoms with E-state index in [0.717, 1.165) is 12.8 Å². The van der Waals surface area contributed by atoms with Crippen molar-refractivity contribution in [2.75, 3.05) is 7.11 Å². The van der Waals surface area contributed by atoms with Crippen LogP contribution < -0.4 is 10.5 Å².